The van der Waals surface area contributed by atoms with Crippen LogP contribution in [0.25, 0.3) is 0 Å². The fourth-order valence-corrected chi connectivity index (χ4v) is 4.58. The van der Waals surface area contributed by atoms with Crippen LogP contribution in [0.5, 0.6) is 5.75 Å². The molecule has 2 aliphatic heterocycles. The van der Waals surface area contributed by atoms with E-state index in [2.05, 4.69) is 5.32 Å². The molecule has 0 atom stereocenters. The number of nitrogens with one attached hydrogen (secondary N) is 1. The molecule has 1 fully saturated rings. The van der Waals surface area contributed by atoms with Crippen LogP contribution in [0.4, 0.5) is 10.5 Å². The van der Waals surface area contributed by atoms with E-state index in [4.69, 9.17) is 9.84 Å². The molecule has 162 valence electrons. The number of ether oxygens (including phenoxy) is 1. The van der Waals surface area contributed by atoms with Crippen molar-refractivity contribution in [3.05, 3.63) is 59.7 Å². The predicted octanol–water partition coefficient (Wildman–Crippen LogP) is 2.37. The van der Waals surface area contributed by atoms with Crippen LogP contribution >= 0.6 is 0 Å². The van der Waals surface area contributed by atoms with Crippen molar-refractivity contribution in [3.63, 3.8) is 0 Å². The van der Waals surface area contributed by atoms with Crippen molar-refractivity contribution in [1.82, 2.24) is 10.2 Å². The first kappa shape index (κ1) is 20.7. The highest BCUT2D eigenvalue weighted by molar-refractivity contribution is 6.09. The van der Waals surface area contributed by atoms with Crippen molar-refractivity contribution >= 4 is 23.6 Å². The van der Waals surface area contributed by atoms with Gasteiger partial charge in [-0.25, -0.2) is 4.79 Å². The second kappa shape index (κ2) is 8.29. The number of aliphatic carboxylic acids is 1. The minimum atomic E-state index is -1.09. The highest BCUT2D eigenvalue weighted by Gasteiger charge is 2.53. The number of rotatable bonds is 5. The number of carbonyl (C=O) groups excluding carboxylic acids is 2. The molecule has 8 nitrogen and oxygen atoms in total. The minimum absolute atomic E-state index is 0.0152. The molecule has 8 heteroatoms. The average molecular weight is 423 g/mol. The standard InChI is InChI=1S/C23H25N3O5/c1-31-18-9-5-8-17-20(18)26(15-16-6-3-2-4-7-16)21(29)23(17)10-12-25(13-11-23)22(30)24-14-19(27)28/h2-9H,10-15H2,1H3,(H,24,30)(H,27,28). The molecule has 0 saturated carbocycles. The van der Waals surface area contributed by atoms with Crippen LogP contribution < -0.4 is 15.0 Å². The van der Waals surface area contributed by atoms with Crippen molar-refractivity contribution in [2.24, 2.45) is 0 Å². The van der Waals surface area contributed by atoms with E-state index < -0.39 is 24.0 Å². The van der Waals surface area contributed by atoms with E-state index in [0.717, 1.165) is 16.8 Å². The van der Waals surface area contributed by atoms with Crippen LogP contribution in [0.2, 0.25) is 0 Å². The first-order valence-corrected chi connectivity index (χ1v) is 10.2. The number of urea groups is 1. The van der Waals surface area contributed by atoms with Crippen LogP contribution in [0, 0.1) is 0 Å². The summed E-state index contributed by atoms with van der Waals surface area (Å²) in [4.78, 5) is 40.1. The SMILES string of the molecule is COc1cccc2c1N(Cc1ccccc1)C(=O)C21CCN(C(=O)NCC(=O)O)CC1. The molecule has 0 bridgehead atoms. The molecule has 31 heavy (non-hydrogen) atoms. The number of anilines is 1. The smallest absolute Gasteiger partial charge is 0.323 e. The molecule has 2 aromatic carbocycles. The lowest BCUT2D eigenvalue weighted by molar-refractivity contribution is -0.135. The number of methoxy groups -OCH3 is 1. The number of hydrogen-bond donors (Lipinski definition) is 2. The summed E-state index contributed by atoms with van der Waals surface area (Å²) in [6.45, 7) is 0.752. The van der Waals surface area contributed by atoms with Crippen LogP contribution in [-0.4, -0.2) is 54.7 Å². The number of carboxylic acids is 1. The Bertz CT molecular complexity index is 1000. The second-order valence-corrected chi connectivity index (χ2v) is 7.85. The van der Waals surface area contributed by atoms with Crippen LogP contribution in [0.3, 0.4) is 0 Å². The number of carbonyl (C=O) groups is 3. The van der Waals surface area contributed by atoms with Crippen LogP contribution in [0.1, 0.15) is 24.0 Å². The second-order valence-electron chi connectivity index (χ2n) is 7.85. The third-order valence-electron chi connectivity index (χ3n) is 6.14. The van der Waals surface area contributed by atoms with Gasteiger partial charge in [-0.05, 0) is 30.0 Å². The molecule has 1 spiro atoms. The molecular weight excluding hydrogens is 398 g/mol. The highest BCUT2D eigenvalue weighted by Crippen LogP contribution is 2.51. The maximum Gasteiger partial charge on any atom is 0.323 e. The summed E-state index contributed by atoms with van der Waals surface area (Å²) in [6.07, 6.45) is 0.940. The minimum Gasteiger partial charge on any atom is -0.495 e. The molecule has 0 aromatic heterocycles. The van der Waals surface area contributed by atoms with E-state index in [1.54, 1.807) is 16.9 Å². The topological polar surface area (TPSA) is 99.2 Å². The van der Waals surface area contributed by atoms with Crippen molar-refractivity contribution < 1.29 is 24.2 Å². The molecule has 0 unspecified atom stereocenters. The molecule has 2 heterocycles. The lowest BCUT2D eigenvalue weighted by Gasteiger charge is -2.38. The molecule has 1 saturated heterocycles. The van der Waals surface area contributed by atoms with Gasteiger partial charge in [-0.1, -0.05) is 42.5 Å². The molecule has 2 aliphatic rings. The van der Waals surface area contributed by atoms with E-state index in [9.17, 15) is 14.4 Å². The fraction of sp³-hybridized carbons (Fsp3) is 0.348. The lowest BCUT2D eigenvalue weighted by atomic mass is 9.73. The largest absolute Gasteiger partial charge is 0.495 e. The van der Waals surface area contributed by atoms with Crippen molar-refractivity contribution in [3.8, 4) is 5.75 Å². The first-order chi connectivity index (χ1) is 15.0. The average Bonchev–Trinajstić information content (AvgIpc) is 3.01. The molecule has 4 rings (SSSR count). The summed E-state index contributed by atoms with van der Waals surface area (Å²) in [5, 5.41) is 11.2. The molecule has 0 aliphatic carbocycles. The zero-order valence-electron chi connectivity index (χ0n) is 17.3. The molecule has 2 N–H and O–H groups in total. The van der Waals surface area contributed by atoms with E-state index >= 15 is 0 Å². The van der Waals surface area contributed by atoms with Gasteiger partial charge in [-0.15, -0.1) is 0 Å². The number of benzene rings is 2. The molecule has 0 radical (unpaired) electrons. The van der Waals surface area contributed by atoms with Gasteiger partial charge in [0.1, 0.15) is 12.3 Å². The Morgan fingerprint density at radius 3 is 2.45 bits per heavy atom. The molecule has 3 amide bonds. The third-order valence-corrected chi connectivity index (χ3v) is 6.14. The van der Waals surface area contributed by atoms with Crippen LogP contribution in [0.15, 0.2) is 48.5 Å². The number of likely N-dealkylation sites (tertiary alicyclic amines) is 1. The Labute approximate surface area is 180 Å². The monoisotopic (exact) mass is 423 g/mol. The number of piperidine rings is 1. The molecular formula is C23H25N3O5. The Morgan fingerprint density at radius 1 is 1.10 bits per heavy atom. The van der Waals surface area contributed by atoms with E-state index in [1.807, 2.05) is 48.5 Å². The molecule has 2 aromatic rings. The third kappa shape index (κ3) is 3.69. The number of hydrogen-bond acceptors (Lipinski definition) is 4. The number of carboxylic acid groups (broad SMARTS) is 1. The van der Waals surface area contributed by atoms with E-state index in [1.165, 1.54) is 0 Å². The number of para-hydroxylation sites is 1. The number of fused-ring (bicyclic) bond motifs is 2. The highest BCUT2D eigenvalue weighted by atomic mass is 16.5. The van der Waals surface area contributed by atoms with Gasteiger partial charge in [0, 0.05) is 13.1 Å². The van der Waals surface area contributed by atoms with E-state index in [0.29, 0.717) is 38.2 Å². The summed E-state index contributed by atoms with van der Waals surface area (Å²) in [6, 6.07) is 15.1. The zero-order chi connectivity index (χ0) is 22.0. The van der Waals surface area contributed by atoms with Crippen LogP contribution in [-0.2, 0) is 21.5 Å². The summed E-state index contributed by atoms with van der Waals surface area (Å²) in [7, 11) is 1.60. The van der Waals surface area contributed by atoms with Gasteiger partial charge >= 0.3 is 12.0 Å². The Kier molecular flexibility index (Phi) is 5.54. The summed E-state index contributed by atoms with van der Waals surface area (Å²) < 4.78 is 5.60. The van der Waals surface area contributed by atoms with Gasteiger partial charge in [-0.2, -0.15) is 0 Å². The van der Waals surface area contributed by atoms with Gasteiger partial charge in [0.05, 0.1) is 24.8 Å². The predicted molar refractivity (Wildman–Crippen MR) is 114 cm³/mol. The van der Waals surface area contributed by atoms with Crippen molar-refractivity contribution in [1.29, 1.82) is 0 Å². The Balaban J connectivity index is 1.62. The van der Waals surface area contributed by atoms with Gasteiger partial charge in [0.2, 0.25) is 5.91 Å². The van der Waals surface area contributed by atoms with Gasteiger partial charge in [0.15, 0.2) is 0 Å². The number of amides is 3. The Morgan fingerprint density at radius 2 is 1.81 bits per heavy atom. The lowest BCUT2D eigenvalue weighted by Crippen LogP contribution is -2.52. The summed E-state index contributed by atoms with van der Waals surface area (Å²) in [5.74, 6) is -0.424. The van der Waals surface area contributed by atoms with E-state index in [-0.39, 0.29) is 5.91 Å². The first-order valence-electron chi connectivity index (χ1n) is 10.2. The van der Waals surface area contributed by atoms with Crippen molar-refractivity contribution in [2.45, 2.75) is 24.8 Å². The summed E-state index contributed by atoms with van der Waals surface area (Å²) >= 11 is 0. The van der Waals surface area contributed by atoms with Gasteiger partial charge in [0.25, 0.3) is 0 Å². The maximum atomic E-state index is 13.8. The Hall–Kier alpha value is -3.55. The fourth-order valence-electron chi connectivity index (χ4n) is 4.58. The number of nitrogens with zero attached hydrogens (tertiary/aromatic N) is 2. The summed E-state index contributed by atoms with van der Waals surface area (Å²) in [5.41, 5.74) is 2.03. The van der Waals surface area contributed by atoms with Crippen molar-refractivity contribution in [2.75, 3.05) is 31.6 Å². The normalized spacial score (nSPS) is 16.9. The quantitative estimate of drug-likeness (QED) is 0.769. The van der Waals surface area contributed by atoms with Gasteiger partial charge in [-0.3, -0.25) is 9.59 Å². The zero-order valence-corrected chi connectivity index (χ0v) is 17.3. The maximum absolute atomic E-state index is 13.8. The van der Waals surface area contributed by atoms with Gasteiger partial charge < -0.3 is 25.0 Å².